The minimum Gasteiger partial charge on any atom is -0.494 e. The van der Waals surface area contributed by atoms with Gasteiger partial charge >= 0.3 is 0 Å². The number of fused-ring (bicyclic) bond motifs is 2. The summed E-state index contributed by atoms with van der Waals surface area (Å²) in [6, 6.07) is 13.7. The molecule has 2 aromatic heterocycles. The number of aryl methyl sites for hydroxylation is 1. The first-order chi connectivity index (χ1) is 15.6. The monoisotopic (exact) mass is 427 g/mol. The van der Waals surface area contributed by atoms with Gasteiger partial charge in [0.1, 0.15) is 11.3 Å². The van der Waals surface area contributed by atoms with Crippen LogP contribution in [0.3, 0.4) is 0 Å². The molecule has 0 spiro atoms. The van der Waals surface area contributed by atoms with Gasteiger partial charge in [0, 0.05) is 12.4 Å². The first-order valence-corrected chi connectivity index (χ1v) is 10.5. The zero-order valence-corrected chi connectivity index (χ0v) is 17.7. The molecule has 1 aliphatic rings. The van der Waals surface area contributed by atoms with Crippen molar-refractivity contribution in [2.75, 3.05) is 11.5 Å². The van der Waals surface area contributed by atoms with E-state index < -0.39 is 11.9 Å². The first-order valence-electron chi connectivity index (χ1n) is 10.5. The van der Waals surface area contributed by atoms with Gasteiger partial charge in [-0.15, -0.1) is 0 Å². The Morgan fingerprint density at radius 1 is 1.06 bits per heavy atom. The Labute approximate surface area is 184 Å². The molecule has 1 aliphatic heterocycles. The second-order valence-electron chi connectivity index (χ2n) is 7.72. The van der Waals surface area contributed by atoms with Crippen molar-refractivity contribution in [1.82, 2.24) is 9.97 Å². The lowest BCUT2D eigenvalue weighted by atomic mass is 9.98. The lowest BCUT2D eigenvalue weighted by Gasteiger charge is -2.23. The van der Waals surface area contributed by atoms with Gasteiger partial charge in [0.25, 0.3) is 5.91 Å². The maximum absolute atomic E-state index is 13.6. The molecule has 3 heterocycles. The van der Waals surface area contributed by atoms with Crippen molar-refractivity contribution in [3.05, 3.63) is 93.6 Å². The maximum atomic E-state index is 13.6. The number of aromatic nitrogens is 2. The van der Waals surface area contributed by atoms with Crippen LogP contribution >= 0.6 is 0 Å². The SMILES string of the molecule is CCCOc1ccc(C2c3c(oc4ccc(C)cc4c3=O)C(=O)N2c2ncccn2)cc1. The molecule has 0 aliphatic carbocycles. The van der Waals surface area contributed by atoms with Crippen LogP contribution in [0.5, 0.6) is 5.75 Å². The van der Waals surface area contributed by atoms with Gasteiger partial charge < -0.3 is 9.15 Å². The molecule has 4 aromatic rings. The van der Waals surface area contributed by atoms with Crippen molar-refractivity contribution in [3.8, 4) is 5.75 Å². The summed E-state index contributed by atoms with van der Waals surface area (Å²) in [5.74, 6) is 0.515. The van der Waals surface area contributed by atoms with Crippen LogP contribution in [-0.4, -0.2) is 22.5 Å². The molecule has 7 heteroatoms. The molecule has 160 valence electrons. The van der Waals surface area contributed by atoms with Crippen LogP contribution < -0.4 is 15.1 Å². The average molecular weight is 427 g/mol. The number of anilines is 1. The minimum atomic E-state index is -0.707. The number of carbonyl (C=O) groups excluding carboxylic acids is 1. The highest BCUT2D eigenvalue weighted by molar-refractivity contribution is 6.09. The standard InChI is InChI=1S/C25H21N3O4/c1-3-13-31-17-8-6-16(7-9-17)21-20-22(29)18-14-15(2)5-10-19(18)32-23(20)24(30)28(21)25-26-11-4-12-27-25/h4-12,14,21H,3,13H2,1-2H3. The van der Waals surface area contributed by atoms with Crippen molar-refractivity contribution in [3.63, 3.8) is 0 Å². The van der Waals surface area contributed by atoms with E-state index in [0.29, 0.717) is 23.1 Å². The van der Waals surface area contributed by atoms with E-state index in [1.165, 1.54) is 4.90 Å². The summed E-state index contributed by atoms with van der Waals surface area (Å²) in [5.41, 5.74) is 2.13. The Hall–Kier alpha value is -4.00. The van der Waals surface area contributed by atoms with E-state index in [2.05, 4.69) is 9.97 Å². The maximum Gasteiger partial charge on any atom is 0.297 e. The van der Waals surface area contributed by atoms with Crippen LogP contribution in [0.2, 0.25) is 0 Å². The number of hydrogen-bond acceptors (Lipinski definition) is 6. The summed E-state index contributed by atoms with van der Waals surface area (Å²) < 4.78 is 11.6. The average Bonchev–Trinajstić information content (AvgIpc) is 3.11. The van der Waals surface area contributed by atoms with Crippen LogP contribution in [0.1, 0.15) is 46.6 Å². The zero-order chi connectivity index (χ0) is 22.2. The Morgan fingerprint density at radius 2 is 1.81 bits per heavy atom. The molecule has 2 aromatic carbocycles. The third-order valence-corrected chi connectivity index (χ3v) is 5.46. The molecule has 0 N–H and O–H groups in total. The van der Waals surface area contributed by atoms with E-state index >= 15 is 0 Å². The van der Waals surface area contributed by atoms with Gasteiger partial charge in [-0.2, -0.15) is 0 Å². The molecule has 1 amide bonds. The number of benzene rings is 2. The van der Waals surface area contributed by atoms with E-state index in [9.17, 15) is 9.59 Å². The number of ether oxygens (including phenoxy) is 1. The van der Waals surface area contributed by atoms with E-state index in [1.807, 2.05) is 44.2 Å². The topological polar surface area (TPSA) is 85.5 Å². The summed E-state index contributed by atoms with van der Waals surface area (Å²) in [4.78, 5) is 37.0. The summed E-state index contributed by atoms with van der Waals surface area (Å²) >= 11 is 0. The highest BCUT2D eigenvalue weighted by Gasteiger charge is 2.44. The Bertz CT molecular complexity index is 1360. The van der Waals surface area contributed by atoms with Gasteiger partial charge in [-0.1, -0.05) is 30.7 Å². The van der Waals surface area contributed by atoms with Crippen molar-refractivity contribution in [2.24, 2.45) is 0 Å². The largest absolute Gasteiger partial charge is 0.494 e. The number of nitrogens with zero attached hydrogens (tertiary/aromatic N) is 3. The van der Waals surface area contributed by atoms with Crippen LogP contribution in [0, 0.1) is 6.92 Å². The van der Waals surface area contributed by atoms with Crippen molar-refractivity contribution < 1.29 is 13.9 Å². The van der Waals surface area contributed by atoms with Crippen LogP contribution in [0.15, 0.2) is 70.1 Å². The summed E-state index contributed by atoms with van der Waals surface area (Å²) in [7, 11) is 0. The van der Waals surface area contributed by atoms with Crippen molar-refractivity contribution in [2.45, 2.75) is 26.3 Å². The normalized spacial score (nSPS) is 15.2. The molecule has 0 radical (unpaired) electrons. The number of hydrogen-bond donors (Lipinski definition) is 0. The van der Waals surface area contributed by atoms with E-state index in [4.69, 9.17) is 9.15 Å². The fourth-order valence-electron chi connectivity index (χ4n) is 3.99. The molecule has 5 rings (SSSR count). The molecule has 0 saturated carbocycles. The minimum absolute atomic E-state index is 0.0233. The number of amides is 1. The molecule has 32 heavy (non-hydrogen) atoms. The smallest absolute Gasteiger partial charge is 0.297 e. The lowest BCUT2D eigenvalue weighted by molar-refractivity contribution is 0.0969. The molecule has 0 saturated heterocycles. The highest BCUT2D eigenvalue weighted by Crippen LogP contribution is 2.40. The van der Waals surface area contributed by atoms with Gasteiger partial charge in [0.2, 0.25) is 11.7 Å². The van der Waals surface area contributed by atoms with E-state index in [1.54, 1.807) is 30.6 Å². The van der Waals surface area contributed by atoms with Crippen molar-refractivity contribution in [1.29, 1.82) is 0 Å². The van der Waals surface area contributed by atoms with E-state index in [0.717, 1.165) is 23.3 Å². The quantitative estimate of drug-likeness (QED) is 0.468. The number of carbonyl (C=O) groups is 1. The molecule has 7 nitrogen and oxygen atoms in total. The fourth-order valence-corrected chi connectivity index (χ4v) is 3.99. The third-order valence-electron chi connectivity index (χ3n) is 5.46. The first kappa shape index (κ1) is 19.9. The van der Waals surface area contributed by atoms with Crippen LogP contribution in [0.25, 0.3) is 11.0 Å². The van der Waals surface area contributed by atoms with Crippen LogP contribution in [-0.2, 0) is 0 Å². The number of rotatable bonds is 5. The lowest BCUT2D eigenvalue weighted by Crippen LogP contribution is -2.31. The van der Waals surface area contributed by atoms with E-state index in [-0.39, 0.29) is 17.1 Å². The van der Waals surface area contributed by atoms with Crippen LogP contribution in [0.4, 0.5) is 5.95 Å². The molecular formula is C25H21N3O4. The second-order valence-corrected chi connectivity index (χ2v) is 7.72. The van der Waals surface area contributed by atoms with Gasteiger partial charge in [-0.05, 0) is 49.2 Å². The van der Waals surface area contributed by atoms with Gasteiger partial charge in [-0.3, -0.25) is 14.5 Å². The predicted octanol–water partition coefficient (Wildman–Crippen LogP) is 4.43. The zero-order valence-electron chi connectivity index (χ0n) is 17.7. The molecule has 1 atom stereocenters. The summed E-state index contributed by atoms with van der Waals surface area (Å²) in [6.07, 6.45) is 4.03. The van der Waals surface area contributed by atoms with Gasteiger partial charge in [0.05, 0.1) is 23.6 Å². The van der Waals surface area contributed by atoms with Crippen molar-refractivity contribution >= 4 is 22.8 Å². The Balaban J connectivity index is 1.72. The Morgan fingerprint density at radius 3 is 2.53 bits per heavy atom. The second kappa shape index (κ2) is 7.92. The molecular weight excluding hydrogens is 406 g/mol. The summed E-state index contributed by atoms with van der Waals surface area (Å²) in [5, 5.41) is 0.445. The van der Waals surface area contributed by atoms with Gasteiger partial charge in [-0.25, -0.2) is 9.97 Å². The Kier molecular flexibility index (Phi) is 4.93. The molecule has 1 unspecified atom stereocenters. The van der Waals surface area contributed by atoms with Gasteiger partial charge in [0.15, 0.2) is 5.43 Å². The predicted molar refractivity (Wildman–Crippen MR) is 120 cm³/mol. The molecule has 0 bridgehead atoms. The highest BCUT2D eigenvalue weighted by atomic mass is 16.5. The third kappa shape index (κ3) is 3.22. The summed E-state index contributed by atoms with van der Waals surface area (Å²) in [6.45, 7) is 4.56. The fraction of sp³-hybridized carbons (Fsp3) is 0.200. The molecule has 0 fully saturated rings.